The van der Waals surface area contributed by atoms with Crippen molar-refractivity contribution in [3.8, 4) is 0 Å². The minimum atomic E-state index is -4.53. The Labute approximate surface area is 115 Å². The molecule has 0 radical (unpaired) electrons. The number of hydrogen-bond donors (Lipinski definition) is 1. The van der Waals surface area contributed by atoms with Gasteiger partial charge in [-0.3, -0.25) is 4.90 Å². The summed E-state index contributed by atoms with van der Waals surface area (Å²) >= 11 is 0. The van der Waals surface area contributed by atoms with Gasteiger partial charge < -0.3 is 5.32 Å². The number of hydrogen-bond acceptors (Lipinski definition) is 2. The maximum Gasteiger partial charge on any atom is 0.416 e. The molecule has 1 saturated heterocycles. The summed E-state index contributed by atoms with van der Waals surface area (Å²) in [6.45, 7) is 5.56. The topological polar surface area (TPSA) is 15.3 Å². The van der Waals surface area contributed by atoms with Gasteiger partial charge in [0, 0.05) is 31.7 Å². The van der Waals surface area contributed by atoms with E-state index < -0.39 is 17.6 Å². The third-order valence-corrected chi connectivity index (χ3v) is 3.64. The highest BCUT2D eigenvalue weighted by Crippen LogP contribution is 2.33. The molecule has 1 aromatic carbocycles. The van der Waals surface area contributed by atoms with Crippen LogP contribution >= 0.6 is 0 Å². The minimum Gasteiger partial charge on any atom is -0.311 e. The summed E-state index contributed by atoms with van der Waals surface area (Å²) in [6, 6.07) is 3.28. The highest BCUT2D eigenvalue weighted by molar-refractivity contribution is 5.30. The SMILES string of the molecule is CC1CN(Cc2ccc(F)cc2C(F)(F)F)C(C)CN1. The fraction of sp³-hybridized carbons (Fsp3) is 0.571. The summed E-state index contributed by atoms with van der Waals surface area (Å²) < 4.78 is 51.9. The van der Waals surface area contributed by atoms with Gasteiger partial charge in [0.05, 0.1) is 5.56 Å². The van der Waals surface area contributed by atoms with Crippen molar-refractivity contribution in [3.63, 3.8) is 0 Å². The lowest BCUT2D eigenvalue weighted by Gasteiger charge is -2.38. The van der Waals surface area contributed by atoms with Gasteiger partial charge in [-0.15, -0.1) is 0 Å². The number of halogens is 4. The van der Waals surface area contributed by atoms with Crippen LogP contribution in [0.25, 0.3) is 0 Å². The fourth-order valence-electron chi connectivity index (χ4n) is 2.49. The third-order valence-electron chi connectivity index (χ3n) is 3.64. The predicted octanol–water partition coefficient (Wildman–Crippen LogP) is 3.03. The van der Waals surface area contributed by atoms with Crippen molar-refractivity contribution in [1.82, 2.24) is 10.2 Å². The first kappa shape index (κ1) is 15.3. The molecule has 2 atom stereocenters. The standard InChI is InChI=1S/C14H18F4N2/c1-9-7-20(10(2)6-19-9)8-11-3-4-12(15)5-13(11)14(16,17)18/h3-5,9-10,19H,6-8H2,1-2H3. The lowest BCUT2D eigenvalue weighted by molar-refractivity contribution is -0.138. The second-order valence-electron chi connectivity index (χ2n) is 5.39. The zero-order valence-electron chi connectivity index (χ0n) is 11.5. The highest BCUT2D eigenvalue weighted by atomic mass is 19.4. The van der Waals surface area contributed by atoms with Crippen molar-refractivity contribution in [3.05, 3.63) is 35.1 Å². The number of nitrogens with zero attached hydrogens (tertiary/aromatic N) is 1. The van der Waals surface area contributed by atoms with Crippen molar-refractivity contribution in [2.45, 2.75) is 38.7 Å². The van der Waals surface area contributed by atoms with Crippen LogP contribution in [0.15, 0.2) is 18.2 Å². The van der Waals surface area contributed by atoms with Gasteiger partial charge in [-0.25, -0.2) is 4.39 Å². The molecule has 20 heavy (non-hydrogen) atoms. The fourth-order valence-corrected chi connectivity index (χ4v) is 2.49. The van der Waals surface area contributed by atoms with Gasteiger partial charge >= 0.3 is 6.18 Å². The molecule has 0 bridgehead atoms. The Hall–Kier alpha value is -1.14. The molecule has 1 heterocycles. The van der Waals surface area contributed by atoms with Gasteiger partial charge in [0.15, 0.2) is 0 Å². The van der Waals surface area contributed by atoms with Crippen molar-refractivity contribution in [2.24, 2.45) is 0 Å². The molecule has 1 aromatic rings. The molecule has 0 aromatic heterocycles. The van der Waals surface area contributed by atoms with Crippen LogP contribution in [0.5, 0.6) is 0 Å². The molecule has 0 amide bonds. The van der Waals surface area contributed by atoms with Crippen molar-refractivity contribution < 1.29 is 17.6 Å². The molecule has 0 saturated carbocycles. The molecule has 112 valence electrons. The van der Waals surface area contributed by atoms with E-state index in [0.29, 0.717) is 12.6 Å². The van der Waals surface area contributed by atoms with Crippen LogP contribution in [-0.4, -0.2) is 30.1 Å². The van der Waals surface area contributed by atoms with E-state index in [2.05, 4.69) is 5.32 Å². The average molecular weight is 290 g/mol. The van der Waals surface area contributed by atoms with Crippen LogP contribution in [0, 0.1) is 5.82 Å². The monoisotopic (exact) mass is 290 g/mol. The number of rotatable bonds is 2. The molecule has 1 aliphatic heterocycles. The second-order valence-corrected chi connectivity index (χ2v) is 5.39. The Morgan fingerprint density at radius 3 is 2.65 bits per heavy atom. The second kappa shape index (κ2) is 5.69. The van der Waals surface area contributed by atoms with Crippen molar-refractivity contribution >= 4 is 0 Å². The molecule has 1 N–H and O–H groups in total. The van der Waals surface area contributed by atoms with Crippen LogP contribution in [-0.2, 0) is 12.7 Å². The lowest BCUT2D eigenvalue weighted by atomic mass is 10.0. The summed E-state index contributed by atoms with van der Waals surface area (Å²) in [5.41, 5.74) is -0.754. The average Bonchev–Trinajstić information content (AvgIpc) is 2.34. The molecular weight excluding hydrogens is 272 g/mol. The van der Waals surface area contributed by atoms with E-state index in [4.69, 9.17) is 0 Å². The van der Waals surface area contributed by atoms with Crippen LogP contribution in [0.4, 0.5) is 17.6 Å². The van der Waals surface area contributed by atoms with E-state index in [1.54, 1.807) is 0 Å². The number of alkyl halides is 3. The maximum absolute atomic E-state index is 13.1. The minimum absolute atomic E-state index is 0.125. The van der Waals surface area contributed by atoms with E-state index in [1.165, 1.54) is 6.07 Å². The first-order valence-corrected chi connectivity index (χ1v) is 6.60. The van der Waals surface area contributed by atoms with Gasteiger partial charge in [-0.2, -0.15) is 13.2 Å². The number of nitrogens with one attached hydrogen (secondary N) is 1. The van der Waals surface area contributed by atoms with Gasteiger partial charge in [-0.05, 0) is 31.5 Å². The molecule has 2 unspecified atom stereocenters. The molecule has 2 nitrogen and oxygen atoms in total. The number of piperazine rings is 1. The molecule has 6 heteroatoms. The summed E-state index contributed by atoms with van der Waals surface area (Å²) in [5.74, 6) is -0.859. The first-order chi connectivity index (χ1) is 9.27. The van der Waals surface area contributed by atoms with Crippen LogP contribution in [0.3, 0.4) is 0 Å². The van der Waals surface area contributed by atoms with E-state index in [9.17, 15) is 17.6 Å². The molecule has 2 rings (SSSR count). The predicted molar refractivity (Wildman–Crippen MR) is 68.7 cm³/mol. The zero-order chi connectivity index (χ0) is 14.9. The van der Waals surface area contributed by atoms with Crippen LogP contribution < -0.4 is 5.32 Å². The number of benzene rings is 1. The van der Waals surface area contributed by atoms with E-state index >= 15 is 0 Å². The Balaban J connectivity index is 2.24. The van der Waals surface area contributed by atoms with E-state index in [1.807, 2.05) is 18.7 Å². The largest absolute Gasteiger partial charge is 0.416 e. The first-order valence-electron chi connectivity index (χ1n) is 6.60. The lowest BCUT2D eigenvalue weighted by Crippen LogP contribution is -2.53. The smallest absolute Gasteiger partial charge is 0.311 e. The summed E-state index contributed by atoms with van der Waals surface area (Å²) in [6.07, 6.45) is -4.53. The van der Waals surface area contributed by atoms with E-state index in [-0.39, 0.29) is 24.2 Å². The van der Waals surface area contributed by atoms with Crippen LogP contribution in [0.2, 0.25) is 0 Å². The van der Waals surface area contributed by atoms with E-state index in [0.717, 1.165) is 12.6 Å². The Kier molecular flexibility index (Phi) is 4.34. The normalized spacial score (nSPS) is 24.9. The Morgan fingerprint density at radius 1 is 1.30 bits per heavy atom. The molecular formula is C14H18F4N2. The van der Waals surface area contributed by atoms with Gasteiger partial charge in [0.25, 0.3) is 0 Å². The molecule has 1 aliphatic rings. The molecule has 0 aliphatic carbocycles. The summed E-state index contributed by atoms with van der Waals surface area (Å²) in [7, 11) is 0. The summed E-state index contributed by atoms with van der Waals surface area (Å²) in [5, 5.41) is 3.28. The molecule has 0 spiro atoms. The zero-order valence-corrected chi connectivity index (χ0v) is 11.5. The van der Waals surface area contributed by atoms with Crippen molar-refractivity contribution in [2.75, 3.05) is 13.1 Å². The Bertz CT molecular complexity index is 473. The summed E-state index contributed by atoms with van der Waals surface area (Å²) in [4.78, 5) is 1.99. The van der Waals surface area contributed by atoms with Crippen LogP contribution in [0.1, 0.15) is 25.0 Å². The Morgan fingerprint density at radius 2 is 2.00 bits per heavy atom. The maximum atomic E-state index is 13.1. The van der Waals surface area contributed by atoms with Gasteiger partial charge in [-0.1, -0.05) is 6.07 Å². The van der Waals surface area contributed by atoms with Gasteiger partial charge in [0.2, 0.25) is 0 Å². The molecule has 1 fully saturated rings. The quantitative estimate of drug-likeness (QED) is 0.842. The third kappa shape index (κ3) is 3.49. The van der Waals surface area contributed by atoms with Crippen molar-refractivity contribution in [1.29, 1.82) is 0 Å². The highest BCUT2D eigenvalue weighted by Gasteiger charge is 2.34. The van der Waals surface area contributed by atoms with Gasteiger partial charge in [0.1, 0.15) is 5.82 Å².